The van der Waals surface area contributed by atoms with E-state index < -0.39 is 5.41 Å². The molecule has 9 nitrogen and oxygen atoms in total. The second-order valence-corrected chi connectivity index (χ2v) is 15.6. The number of hydrogen-bond acceptors (Lipinski definition) is 7. The predicted octanol–water partition coefficient (Wildman–Crippen LogP) is 7.02. The minimum atomic E-state index is -0.652. The van der Waals surface area contributed by atoms with Gasteiger partial charge in [0.05, 0.1) is 35.7 Å². The number of amides is 2. The van der Waals surface area contributed by atoms with Crippen molar-refractivity contribution in [2.45, 2.75) is 84.0 Å². The quantitative estimate of drug-likeness (QED) is 0.164. The first-order chi connectivity index (χ1) is 24.6. The molecule has 2 bridgehead atoms. The number of esters is 1. The molecular weight excluding hydrogens is 642 g/mol. The van der Waals surface area contributed by atoms with Crippen molar-refractivity contribution in [1.82, 2.24) is 10.6 Å². The van der Waals surface area contributed by atoms with Crippen LogP contribution in [0.3, 0.4) is 0 Å². The summed E-state index contributed by atoms with van der Waals surface area (Å²) < 4.78 is 17.8. The van der Waals surface area contributed by atoms with E-state index in [0.29, 0.717) is 38.0 Å². The number of nitrogens with zero attached hydrogens (tertiary/aromatic N) is 1. The van der Waals surface area contributed by atoms with Gasteiger partial charge in [-0.15, -0.1) is 0 Å². The van der Waals surface area contributed by atoms with E-state index in [4.69, 9.17) is 14.2 Å². The summed E-state index contributed by atoms with van der Waals surface area (Å²) in [6, 6.07) is 19.0. The highest BCUT2D eigenvalue weighted by Crippen LogP contribution is 2.45. The molecule has 51 heavy (non-hydrogen) atoms. The Labute approximate surface area is 299 Å². The van der Waals surface area contributed by atoms with Gasteiger partial charge in [0.15, 0.2) is 0 Å². The van der Waals surface area contributed by atoms with Crippen molar-refractivity contribution in [3.05, 3.63) is 83.4 Å². The van der Waals surface area contributed by atoms with Gasteiger partial charge in [-0.1, -0.05) is 68.0 Å². The van der Waals surface area contributed by atoms with Crippen molar-refractivity contribution in [3.8, 4) is 17.6 Å². The summed E-state index contributed by atoms with van der Waals surface area (Å²) in [4.78, 5) is 40.7. The first kappa shape index (κ1) is 34.6. The molecule has 2 amide bonds. The molecule has 0 aliphatic heterocycles. The van der Waals surface area contributed by atoms with Crippen LogP contribution in [0.1, 0.15) is 86.7 Å². The number of ether oxygens (including phenoxy) is 3. The number of carbonyl (C=O) groups is 3. The van der Waals surface area contributed by atoms with E-state index in [1.54, 1.807) is 6.07 Å². The summed E-state index contributed by atoms with van der Waals surface area (Å²) in [6.07, 6.45) is 10.5. The maximum absolute atomic E-state index is 13.9. The van der Waals surface area contributed by atoms with Crippen LogP contribution in [0.5, 0.6) is 11.5 Å². The summed E-state index contributed by atoms with van der Waals surface area (Å²) in [7, 11) is 1.46. The molecule has 3 aromatic carbocycles. The van der Waals surface area contributed by atoms with Crippen LogP contribution in [-0.4, -0.2) is 43.6 Å². The Balaban J connectivity index is 0.996. The predicted molar refractivity (Wildman–Crippen MR) is 193 cm³/mol. The molecule has 0 heterocycles. The summed E-state index contributed by atoms with van der Waals surface area (Å²) in [5.74, 6) is -0.236. The molecule has 0 spiro atoms. The molecule has 0 saturated heterocycles. The molecule has 4 aliphatic rings. The van der Waals surface area contributed by atoms with Crippen molar-refractivity contribution in [2.75, 3.05) is 13.7 Å². The second-order valence-electron chi connectivity index (χ2n) is 15.6. The van der Waals surface area contributed by atoms with Crippen molar-refractivity contribution in [1.29, 1.82) is 5.26 Å². The third kappa shape index (κ3) is 6.93. The zero-order valence-corrected chi connectivity index (χ0v) is 29.7. The lowest BCUT2D eigenvalue weighted by atomic mass is 9.70. The molecule has 2 N–H and O–H groups in total. The molecule has 4 aliphatic carbocycles. The van der Waals surface area contributed by atoms with E-state index in [-0.39, 0.29) is 76.6 Å². The molecule has 266 valence electrons. The molecular formula is C42H47N3O6. The van der Waals surface area contributed by atoms with Gasteiger partial charge in [-0.05, 0) is 91.5 Å². The van der Waals surface area contributed by atoms with Crippen LogP contribution in [0.2, 0.25) is 0 Å². The minimum absolute atomic E-state index is 0.0113. The van der Waals surface area contributed by atoms with Crippen LogP contribution < -0.4 is 20.1 Å². The third-order valence-corrected chi connectivity index (χ3v) is 12.0. The van der Waals surface area contributed by atoms with Crippen LogP contribution in [-0.2, 0) is 20.9 Å². The fraction of sp³-hybridized carbons (Fsp3) is 0.476. The van der Waals surface area contributed by atoms with Crippen LogP contribution >= 0.6 is 0 Å². The largest absolute Gasteiger partial charge is 0.496 e. The zero-order valence-electron chi connectivity index (χ0n) is 29.7. The number of allylic oxidation sites excluding steroid dienone is 1. The number of nitriles is 1. The SMILES string of the molecule is COc1cc(C#N)c(O[C@H]2CC[C@@](C)(C(=O)OCc3cccc4ccccc34)CC2)cc1C(=O)N[C@H]1[C@@H](C(=O)NCC2(C)CCC2)[C@@H]2C=C[C@H]1C2. The third-order valence-electron chi connectivity index (χ3n) is 12.0. The second kappa shape index (κ2) is 14.1. The molecule has 0 aromatic heterocycles. The average Bonchev–Trinajstić information content (AvgIpc) is 3.75. The van der Waals surface area contributed by atoms with Crippen LogP contribution in [0.25, 0.3) is 10.8 Å². The van der Waals surface area contributed by atoms with Gasteiger partial charge in [-0.25, -0.2) is 0 Å². The van der Waals surface area contributed by atoms with Crippen molar-refractivity contribution in [3.63, 3.8) is 0 Å². The van der Waals surface area contributed by atoms with Gasteiger partial charge < -0.3 is 24.8 Å². The normalized spacial score (nSPS) is 27.2. The lowest BCUT2D eigenvalue weighted by Crippen LogP contribution is -2.50. The zero-order chi connectivity index (χ0) is 35.8. The highest BCUT2D eigenvalue weighted by molar-refractivity contribution is 5.98. The van der Waals surface area contributed by atoms with Gasteiger partial charge in [0.1, 0.15) is 24.2 Å². The number of hydrogen-bond donors (Lipinski definition) is 2. The Kier molecular flexibility index (Phi) is 9.54. The van der Waals surface area contributed by atoms with E-state index in [9.17, 15) is 19.6 Å². The highest BCUT2D eigenvalue weighted by atomic mass is 16.5. The highest BCUT2D eigenvalue weighted by Gasteiger charge is 2.49. The summed E-state index contributed by atoms with van der Waals surface area (Å²) in [5.41, 5.74) is 0.986. The van der Waals surface area contributed by atoms with Gasteiger partial charge in [-0.3, -0.25) is 14.4 Å². The van der Waals surface area contributed by atoms with E-state index in [1.807, 2.05) is 49.4 Å². The van der Waals surface area contributed by atoms with Gasteiger partial charge in [-0.2, -0.15) is 5.26 Å². The van der Waals surface area contributed by atoms with Crippen molar-refractivity contribution < 1.29 is 28.6 Å². The number of methoxy groups -OCH3 is 1. The molecule has 3 saturated carbocycles. The van der Waals surface area contributed by atoms with Gasteiger partial charge in [0.25, 0.3) is 5.91 Å². The van der Waals surface area contributed by atoms with Gasteiger partial charge in [0.2, 0.25) is 5.91 Å². The number of nitrogens with one attached hydrogen (secondary N) is 2. The Bertz CT molecular complexity index is 1890. The van der Waals surface area contributed by atoms with Crippen LogP contribution in [0.15, 0.2) is 66.7 Å². The molecule has 3 fully saturated rings. The lowest BCUT2D eigenvalue weighted by molar-refractivity contribution is -0.159. The summed E-state index contributed by atoms with van der Waals surface area (Å²) >= 11 is 0. The van der Waals surface area contributed by atoms with E-state index in [2.05, 4.69) is 35.8 Å². The topological polar surface area (TPSA) is 127 Å². The molecule has 0 radical (unpaired) electrons. The monoisotopic (exact) mass is 689 g/mol. The van der Waals surface area contributed by atoms with E-state index in [1.165, 1.54) is 19.6 Å². The van der Waals surface area contributed by atoms with E-state index in [0.717, 1.165) is 35.6 Å². The number of benzene rings is 3. The fourth-order valence-corrected chi connectivity index (χ4v) is 8.54. The maximum Gasteiger partial charge on any atom is 0.312 e. The Morgan fingerprint density at radius 3 is 2.41 bits per heavy atom. The van der Waals surface area contributed by atoms with Crippen molar-refractivity contribution in [2.24, 2.45) is 28.6 Å². The first-order valence-electron chi connectivity index (χ1n) is 18.3. The number of fused-ring (bicyclic) bond motifs is 3. The van der Waals surface area contributed by atoms with Crippen LogP contribution in [0, 0.1) is 39.9 Å². The lowest BCUT2D eigenvalue weighted by Gasteiger charge is -2.39. The Morgan fingerprint density at radius 1 is 0.941 bits per heavy atom. The van der Waals surface area contributed by atoms with E-state index >= 15 is 0 Å². The smallest absolute Gasteiger partial charge is 0.312 e. The number of carbonyl (C=O) groups excluding carboxylic acids is 3. The molecule has 7 rings (SSSR count). The summed E-state index contributed by atoms with van der Waals surface area (Å²) in [6.45, 7) is 5.02. The fourth-order valence-electron chi connectivity index (χ4n) is 8.54. The standard InChI is InChI=1S/C42H47N3O6/c1-41(16-7-17-41)25-44-39(47)36-27-12-13-28(20-27)37(36)45-38(46)33-22-34(30(23-43)21-35(33)49-3)51-31-14-18-42(2,19-15-31)40(48)50-24-29-10-6-9-26-8-4-5-11-32(26)29/h4-6,8-13,21-22,27-28,31,36-37H,7,14-20,24-25H2,1-3H3,(H,44,47)(H,45,46)/t27-,28+,31-,36+,37-,42+/m1/s1. The molecule has 0 unspecified atom stereocenters. The van der Waals surface area contributed by atoms with Gasteiger partial charge >= 0.3 is 5.97 Å². The number of rotatable bonds is 11. The summed E-state index contributed by atoms with van der Waals surface area (Å²) in [5, 5.41) is 18.5. The first-order valence-corrected chi connectivity index (χ1v) is 18.3. The Hall–Kier alpha value is -4.84. The average molecular weight is 690 g/mol. The minimum Gasteiger partial charge on any atom is -0.496 e. The molecule has 9 heteroatoms. The maximum atomic E-state index is 13.9. The van der Waals surface area contributed by atoms with Crippen molar-refractivity contribution >= 4 is 28.6 Å². The Morgan fingerprint density at radius 2 is 1.69 bits per heavy atom. The van der Waals surface area contributed by atoms with Gasteiger partial charge in [0, 0.05) is 18.7 Å². The van der Waals surface area contributed by atoms with Crippen LogP contribution in [0.4, 0.5) is 0 Å². The molecule has 4 atom stereocenters. The molecule has 3 aromatic rings.